The molecule has 0 bridgehead atoms. The SMILES string of the molecule is CC(C)C[C@@H](O)N1CC=C(C(C)(C)C)CC1. The number of rotatable bonds is 3. The summed E-state index contributed by atoms with van der Waals surface area (Å²) in [5.41, 5.74) is 1.82. The standard InChI is InChI=1S/C14H27NO/c1-11(2)10-13(16)15-8-6-12(7-9-15)14(3,4)5/h6,11,13,16H,7-10H2,1-5H3/t13-/m1/s1. The van der Waals surface area contributed by atoms with Crippen molar-refractivity contribution in [1.29, 1.82) is 0 Å². The molecule has 2 heteroatoms. The van der Waals surface area contributed by atoms with E-state index in [2.05, 4.69) is 45.6 Å². The molecule has 1 heterocycles. The van der Waals surface area contributed by atoms with Crippen LogP contribution in [-0.4, -0.2) is 29.3 Å². The molecule has 94 valence electrons. The summed E-state index contributed by atoms with van der Waals surface area (Å²) in [6.07, 6.45) is 4.00. The Bertz CT molecular complexity index is 250. The van der Waals surface area contributed by atoms with Gasteiger partial charge < -0.3 is 5.11 Å². The lowest BCUT2D eigenvalue weighted by atomic mass is 9.83. The van der Waals surface area contributed by atoms with Crippen LogP contribution < -0.4 is 0 Å². The van der Waals surface area contributed by atoms with E-state index in [9.17, 15) is 5.11 Å². The minimum absolute atomic E-state index is 0.266. The van der Waals surface area contributed by atoms with Gasteiger partial charge in [0.25, 0.3) is 0 Å². The van der Waals surface area contributed by atoms with Crippen molar-refractivity contribution in [2.75, 3.05) is 13.1 Å². The Kier molecular flexibility index (Phi) is 4.57. The van der Waals surface area contributed by atoms with Gasteiger partial charge in [0.2, 0.25) is 0 Å². The van der Waals surface area contributed by atoms with Crippen molar-refractivity contribution >= 4 is 0 Å². The van der Waals surface area contributed by atoms with E-state index in [-0.39, 0.29) is 11.6 Å². The monoisotopic (exact) mass is 225 g/mol. The third-order valence-electron chi connectivity index (χ3n) is 3.31. The fraction of sp³-hybridized carbons (Fsp3) is 0.857. The van der Waals surface area contributed by atoms with E-state index in [0.717, 1.165) is 25.9 Å². The molecule has 0 saturated heterocycles. The molecule has 0 amide bonds. The smallest absolute Gasteiger partial charge is 0.107 e. The van der Waals surface area contributed by atoms with Crippen LogP contribution in [0.5, 0.6) is 0 Å². The van der Waals surface area contributed by atoms with Gasteiger partial charge in [-0.05, 0) is 24.2 Å². The molecule has 2 nitrogen and oxygen atoms in total. The van der Waals surface area contributed by atoms with E-state index in [1.165, 1.54) is 5.57 Å². The van der Waals surface area contributed by atoms with Gasteiger partial charge in [0, 0.05) is 13.1 Å². The van der Waals surface area contributed by atoms with Crippen LogP contribution in [0.15, 0.2) is 11.6 Å². The fourth-order valence-corrected chi connectivity index (χ4v) is 2.21. The first-order valence-electron chi connectivity index (χ1n) is 6.42. The summed E-state index contributed by atoms with van der Waals surface area (Å²) < 4.78 is 0. The molecule has 1 aliphatic rings. The number of hydrogen-bond donors (Lipinski definition) is 1. The molecule has 0 spiro atoms. The summed E-state index contributed by atoms with van der Waals surface area (Å²) in [6.45, 7) is 13.0. The van der Waals surface area contributed by atoms with Crippen molar-refractivity contribution in [2.24, 2.45) is 11.3 Å². The Morgan fingerprint density at radius 3 is 2.38 bits per heavy atom. The lowest BCUT2D eigenvalue weighted by Gasteiger charge is -2.35. The van der Waals surface area contributed by atoms with Crippen LogP contribution in [0.2, 0.25) is 0 Å². The van der Waals surface area contributed by atoms with E-state index < -0.39 is 0 Å². The molecule has 0 fully saturated rings. The molecular formula is C14H27NO. The lowest BCUT2D eigenvalue weighted by Crippen LogP contribution is -2.40. The summed E-state index contributed by atoms with van der Waals surface area (Å²) in [4.78, 5) is 2.18. The van der Waals surface area contributed by atoms with E-state index in [4.69, 9.17) is 0 Å². The van der Waals surface area contributed by atoms with Crippen LogP contribution in [-0.2, 0) is 0 Å². The molecule has 0 aromatic rings. The first-order chi connectivity index (χ1) is 7.30. The summed E-state index contributed by atoms with van der Waals surface area (Å²) in [5.74, 6) is 0.558. The highest BCUT2D eigenvalue weighted by molar-refractivity contribution is 5.14. The predicted molar refractivity (Wildman–Crippen MR) is 69.2 cm³/mol. The van der Waals surface area contributed by atoms with Crippen LogP contribution in [0.25, 0.3) is 0 Å². The zero-order valence-corrected chi connectivity index (χ0v) is 11.5. The third kappa shape index (κ3) is 3.91. The topological polar surface area (TPSA) is 23.5 Å². The molecule has 1 atom stereocenters. The van der Waals surface area contributed by atoms with E-state index >= 15 is 0 Å². The number of aliphatic hydroxyl groups excluding tert-OH is 1. The molecule has 1 aliphatic heterocycles. The van der Waals surface area contributed by atoms with Gasteiger partial charge in [0.1, 0.15) is 6.23 Å². The van der Waals surface area contributed by atoms with Gasteiger partial charge in [0.05, 0.1) is 0 Å². The quantitative estimate of drug-likeness (QED) is 0.746. The molecule has 0 aliphatic carbocycles. The molecule has 0 aromatic heterocycles. The molecule has 0 aromatic carbocycles. The van der Waals surface area contributed by atoms with Gasteiger partial charge in [-0.15, -0.1) is 0 Å². The Morgan fingerprint density at radius 1 is 1.38 bits per heavy atom. The molecule has 0 unspecified atom stereocenters. The average molecular weight is 225 g/mol. The van der Waals surface area contributed by atoms with Crippen molar-refractivity contribution in [3.63, 3.8) is 0 Å². The largest absolute Gasteiger partial charge is 0.378 e. The van der Waals surface area contributed by atoms with Crippen molar-refractivity contribution in [1.82, 2.24) is 4.90 Å². The van der Waals surface area contributed by atoms with Gasteiger partial charge in [-0.25, -0.2) is 0 Å². The van der Waals surface area contributed by atoms with Crippen LogP contribution in [0.4, 0.5) is 0 Å². The molecule has 1 N–H and O–H groups in total. The van der Waals surface area contributed by atoms with Crippen LogP contribution in [0.3, 0.4) is 0 Å². The highest BCUT2D eigenvalue weighted by Crippen LogP contribution is 2.30. The number of nitrogens with zero attached hydrogens (tertiary/aromatic N) is 1. The Hall–Kier alpha value is -0.340. The summed E-state index contributed by atoms with van der Waals surface area (Å²) in [7, 11) is 0. The molecule has 0 radical (unpaired) electrons. The second-order valence-electron chi connectivity index (χ2n) is 6.33. The predicted octanol–water partition coefficient (Wildman–Crippen LogP) is 3.03. The van der Waals surface area contributed by atoms with E-state index in [1.807, 2.05) is 0 Å². The van der Waals surface area contributed by atoms with Gasteiger partial charge in [-0.3, -0.25) is 4.90 Å². The maximum absolute atomic E-state index is 10.0. The molecule has 16 heavy (non-hydrogen) atoms. The number of hydrogen-bond acceptors (Lipinski definition) is 2. The minimum Gasteiger partial charge on any atom is -0.378 e. The molecule has 0 saturated carbocycles. The van der Waals surface area contributed by atoms with Crippen molar-refractivity contribution in [2.45, 2.75) is 53.7 Å². The average Bonchev–Trinajstić information content (AvgIpc) is 2.15. The third-order valence-corrected chi connectivity index (χ3v) is 3.31. The lowest BCUT2D eigenvalue weighted by molar-refractivity contribution is -0.00653. The zero-order chi connectivity index (χ0) is 12.3. The second-order valence-corrected chi connectivity index (χ2v) is 6.33. The fourth-order valence-electron chi connectivity index (χ4n) is 2.21. The maximum Gasteiger partial charge on any atom is 0.107 e. The van der Waals surface area contributed by atoms with Crippen LogP contribution in [0.1, 0.15) is 47.5 Å². The van der Waals surface area contributed by atoms with Crippen molar-refractivity contribution < 1.29 is 5.11 Å². The summed E-state index contributed by atoms with van der Waals surface area (Å²) in [5, 5.41) is 10.0. The zero-order valence-electron chi connectivity index (χ0n) is 11.5. The molecule has 1 rings (SSSR count). The summed E-state index contributed by atoms with van der Waals surface area (Å²) >= 11 is 0. The van der Waals surface area contributed by atoms with Gasteiger partial charge in [0.15, 0.2) is 0 Å². The van der Waals surface area contributed by atoms with Crippen molar-refractivity contribution in [3.8, 4) is 0 Å². The first kappa shape index (κ1) is 13.7. The van der Waals surface area contributed by atoms with Crippen molar-refractivity contribution in [3.05, 3.63) is 11.6 Å². The normalized spacial score (nSPS) is 21.1. The second kappa shape index (κ2) is 5.33. The van der Waals surface area contributed by atoms with E-state index in [0.29, 0.717) is 5.92 Å². The Morgan fingerprint density at radius 2 is 2.00 bits per heavy atom. The highest BCUT2D eigenvalue weighted by atomic mass is 16.3. The maximum atomic E-state index is 10.0. The van der Waals surface area contributed by atoms with Gasteiger partial charge in [-0.2, -0.15) is 0 Å². The Balaban J connectivity index is 2.51. The first-order valence-corrected chi connectivity index (χ1v) is 6.42. The highest BCUT2D eigenvalue weighted by Gasteiger charge is 2.24. The van der Waals surface area contributed by atoms with Crippen LogP contribution >= 0.6 is 0 Å². The Labute approximate surface area is 100 Å². The number of aliphatic hydroxyl groups is 1. The van der Waals surface area contributed by atoms with E-state index in [1.54, 1.807) is 0 Å². The molecular weight excluding hydrogens is 198 g/mol. The van der Waals surface area contributed by atoms with Crippen LogP contribution in [0, 0.1) is 11.3 Å². The van der Waals surface area contributed by atoms with Gasteiger partial charge in [-0.1, -0.05) is 46.3 Å². The minimum atomic E-state index is -0.266. The van der Waals surface area contributed by atoms with Gasteiger partial charge >= 0.3 is 0 Å². The summed E-state index contributed by atoms with van der Waals surface area (Å²) in [6, 6.07) is 0.